The predicted molar refractivity (Wildman–Crippen MR) is 75.3 cm³/mol. The Labute approximate surface area is 115 Å². The molecule has 1 N–H and O–H groups in total. The van der Waals surface area contributed by atoms with Gasteiger partial charge in [0.25, 0.3) is 0 Å². The van der Waals surface area contributed by atoms with E-state index in [0.29, 0.717) is 19.1 Å². The Morgan fingerprint density at radius 2 is 2.16 bits per heavy atom. The minimum absolute atomic E-state index is 0.425. The second-order valence-electron chi connectivity index (χ2n) is 4.62. The number of unbranched alkanes of at least 4 members (excludes halogenated alkanes) is 1. The molecule has 4 heteroatoms. The molecule has 0 aliphatic carbocycles. The third kappa shape index (κ3) is 5.62. The molecule has 0 fully saturated rings. The first-order valence-electron chi connectivity index (χ1n) is 6.57. The minimum Gasteiger partial charge on any atom is -0.497 e. The lowest BCUT2D eigenvalue weighted by molar-refractivity contribution is 0.305. The van der Waals surface area contributed by atoms with E-state index in [0.717, 1.165) is 30.0 Å². The van der Waals surface area contributed by atoms with Gasteiger partial charge in [0.1, 0.15) is 11.5 Å². The van der Waals surface area contributed by atoms with Gasteiger partial charge in [-0.2, -0.15) is 5.26 Å². The summed E-state index contributed by atoms with van der Waals surface area (Å²) in [6.07, 6.45) is 1.26. The van der Waals surface area contributed by atoms with Gasteiger partial charge >= 0.3 is 0 Å². The molecule has 0 unspecified atom stereocenters. The zero-order chi connectivity index (χ0) is 14.1. The quantitative estimate of drug-likeness (QED) is 0.732. The number of hydrogen-bond acceptors (Lipinski definition) is 4. The van der Waals surface area contributed by atoms with Gasteiger partial charge in [-0.3, -0.25) is 0 Å². The Hall–Kier alpha value is -1.73. The highest BCUT2D eigenvalue weighted by molar-refractivity contribution is 5.40. The number of hydrogen-bond donors (Lipinski definition) is 1. The predicted octanol–water partition coefficient (Wildman–Crippen LogP) is 2.88. The van der Waals surface area contributed by atoms with E-state index in [9.17, 15) is 0 Å². The molecule has 0 bridgehead atoms. The van der Waals surface area contributed by atoms with E-state index in [2.05, 4.69) is 25.2 Å². The van der Waals surface area contributed by atoms with Crippen molar-refractivity contribution < 1.29 is 9.47 Å². The lowest BCUT2D eigenvalue weighted by atomic mass is 10.1. The van der Waals surface area contributed by atoms with Crippen molar-refractivity contribution in [1.82, 2.24) is 5.32 Å². The fourth-order valence-electron chi connectivity index (χ4n) is 1.59. The van der Waals surface area contributed by atoms with Crippen LogP contribution in [0.2, 0.25) is 0 Å². The molecule has 1 aromatic rings. The molecule has 0 radical (unpaired) electrons. The van der Waals surface area contributed by atoms with Gasteiger partial charge in [-0.1, -0.05) is 19.9 Å². The third-order valence-electron chi connectivity index (χ3n) is 2.67. The molecule has 1 rings (SSSR count). The molecular weight excluding hydrogens is 240 g/mol. The summed E-state index contributed by atoms with van der Waals surface area (Å²) in [6.45, 7) is 5.53. The Balaban J connectivity index is 2.69. The summed E-state index contributed by atoms with van der Waals surface area (Å²) < 4.78 is 11.0. The Bertz CT molecular complexity index is 425. The van der Waals surface area contributed by atoms with E-state index in [4.69, 9.17) is 14.7 Å². The van der Waals surface area contributed by atoms with Gasteiger partial charge in [0, 0.05) is 30.6 Å². The van der Waals surface area contributed by atoms with Gasteiger partial charge in [-0.25, -0.2) is 0 Å². The molecule has 0 saturated heterocycles. The van der Waals surface area contributed by atoms with Crippen molar-refractivity contribution in [3.05, 3.63) is 23.8 Å². The third-order valence-corrected chi connectivity index (χ3v) is 2.67. The average Bonchev–Trinajstić information content (AvgIpc) is 2.41. The minimum atomic E-state index is 0.425. The van der Waals surface area contributed by atoms with Crippen molar-refractivity contribution in [1.29, 1.82) is 5.26 Å². The molecule has 0 aliphatic heterocycles. The first-order chi connectivity index (χ1) is 9.17. The molecule has 0 spiro atoms. The Morgan fingerprint density at radius 1 is 1.37 bits per heavy atom. The van der Waals surface area contributed by atoms with Gasteiger partial charge in [-0.15, -0.1) is 0 Å². The van der Waals surface area contributed by atoms with Gasteiger partial charge in [0.05, 0.1) is 19.8 Å². The highest BCUT2D eigenvalue weighted by Gasteiger charge is 2.06. The fourth-order valence-corrected chi connectivity index (χ4v) is 1.59. The standard InChI is InChI=1S/C15H22N2O2/c1-12(2)17-11-13-6-7-14(18-3)10-15(13)19-9-5-4-8-16/h6-7,10,12,17H,4-5,9,11H2,1-3H3. The zero-order valence-corrected chi connectivity index (χ0v) is 11.9. The molecule has 0 saturated carbocycles. The van der Waals surface area contributed by atoms with Crippen LogP contribution in [0.3, 0.4) is 0 Å². The maximum Gasteiger partial charge on any atom is 0.127 e. The van der Waals surface area contributed by atoms with Crippen molar-refractivity contribution in [3.8, 4) is 17.6 Å². The lowest BCUT2D eigenvalue weighted by Crippen LogP contribution is -2.22. The van der Waals surface area contributed by atoms with Crippen LogP contribution in [0.5, 0.6) is 11.5 Å². The maximum absolute atomic E-state index is 8.51. The Kier molecular flexibility index (Phi) is 6.76. The van der Waals surface area contributed by atoms with Crippen molar-refractivity contribution >= 4 is 0 Å². The average molecular weight is 262 g/mol. The van der Waals surface area contributed by atoms with Crippen LogP contribution in [-0.4, -0.2) is 19.8 Å². The second kappa shape index (κ2) is 8.39. The summed E-state index contributed by atoms with van der Waals surface area (Å²) in [7, 11) is 1.64. The van der Waals surface area contributed by atoms with Crippen molar-refractivity contribution in [2.45, 2.75) is 39.3 Å². The van der Waals surface area contributed by atoms with E-state index in [1.54, 1.807) is 7.11 Å². The maximum atomic E-state index is 8.51. The van der Waals surface area contributed by atoms with Crippen molar-refractivity contribution in [3.63, 3.8) is 0 Å². The van der Waals surface area contributed by atoms with Gasteiger partial charge in [-0.05, 0) is 12.5 Å². The molecule has 0 amide bonds. The van der Waals surface area contributed by atoms with Gasteiger partial charge < -0.3 is 14.8 Å². The van der Waals surface area contributed by atoms with E-state index < -0.39 is 0 Å². The molecule has 104 valence electrons. The lowest BCUT2D eigenvalue weighted by Gasteiger charge is -2.14. The monoisotopic (exact) mass is 262 g/mol. The molecule has 1 aromatic carbocycles. The highest BCUT2D eigenvalue weighted by atomic mass is 16.5. The molecule has 0 aliphatic rings. The first kappa shape index (κ1) is 15.3. The largest absolute Gasteiger partial charge is 0.497 e. The smallest absolute Gasteiger partial charge is 0.127 e. The van der Waals surface area contributed by atoms with Crippen LogP contribution in [0.25, 0.3) is 0 Å². The molecule has 4 nitrogen and oxygen atoms in total. The number of nitriles is 1. The SMILES string of the molecule is COc1ccc(CNC(C)C)c(OCCCC#N)c1. The van der Waals surface area contributed by atoms with Crippen LogP contribution in [0.4, 0.5) is 0 Å². The molecule has 19 heavy (non-hydrogen) atoms. The number of methoxy groups -OCH3 is 1. The summed E-state index contributed by atoms with van der Waals surface area (Å²) >= 11 is 0. The summed E-state index contributed by atoms with van der Waals surface area (Å²) in [4.78, 5) is 0. The summed E-state index contributed by atoms with van der Waals surface area (Å²) in [5, 5.41) is 11.9. The Morgan fingerprint density at radius 3 is 2.79 bits per heavy atom. The van der Waals surface area contributed by atoms with E-state index in [1.807, 2.05) is 18.2 Å². The number of nitrogens with zero attached hydrogens (tertiary/aromatic N) is 1. The summed E-state index contributed by atoms with van der Waals surface area (Å²) in [5.74, 6) is 1.61. The highest BCUT2D eigenvalue weighted by Crippen LogP contribution is 2.25. The van der Waals surface area contributed by atoms with Crippen LogP contribution in [0.1, 0.15) is 32.3 Å². The number of ether oxygens (including phenoxy) is 2. The van der Waals surface area contributed by atoms with Gasteiger partial charge in [0.2, 0.25) is 0 Å². The number of nitrogens with one attached hydrogen (secondary N) is 1. The molecule has 0 heterocycles. The molecular formula is C15H22N2O2. The van der Waals surface area contributed by atoms with E-state index in [1.165, 1.54) is 0 Å². The van der Waals surface area contributed by atoms with Crippen LogP contribution < -0.4 is 14.8 Å². The van der Waals surface area contributed by atoms with Crippen LogP contribution in [-0.2, 0) is 6.54 Å². The van der Waals surface area contributed by atoms with Crippen molar-refractivity contribution in [2.24, 2.45) is 0 Å². The molecule has 0 aromatic heterocycles. The van der Waals surface area contributed by atoms with E-state index in [-0.39, 0.29) is 0 Å². The number of rotatable bonds is 8. The zero-order valence-electron chi connectivity index (χ0n) is 11.9. The van der Waals surface area contributed by atoms with Crippen LogP contribution in [0, 0.1) is 11.3 Å². The normalized spacial score (nSPS) is 10.3. The van der Waals surface area contributed by atoms with Crippen molar-refractivity contribution in [2.75, 3.05) is 13.7 Å². The van der Waals surface area contributed by atoms with Crippen LogP contribution in [0.15, 0.2) is 18.2 Å². The van der Waals surface area contributed by atoms with Crippen LogP contribution >= 0.6 is 0 Å². The van der Waals surface area contributed by atoms with E-state index >= 15 is 0 Å². The summed E-state index contributed by atoms with van der Waals surface area (Å²) in [6, 6.07) is 8.37. The summed E-state index contributed by atoms with van der Waals surface area (Å²) in [5.41, 5.74) is 1.10. The first-order valence-corrected chi connectivity index (χ1v) is 6.57. The molecule has 0 atom stereocenters. The topological polar surface area (TPSA) is 54.3 Å². The number of benzene rings is 1. The van der Waals surface area contributed by atoms with Gasteiger partial charge in [0.15, 0.2) is 0 Å². The fraction of sp³-hybridized carbons (Fsp3) is 0.533. The second-order valence-corrected chi connectivity index (χ2v) is 4.62.